The first-order valence-electron chi connectivity index (χ1n) is 7.27. The third-order valence-electron chi connectivity index (χ3n) is 4.12. The molecular weight excluding hydrogens is 222 g/mol. The van der Waals surface area contributed by atoms with Gasteiger partial charge in [-0.15, -0.1) is 0 Å². The number of ether oxygens (including phenoxy) is 1. The number of hydrogen-bond donors (Lipinski definition) is 1. The molecule has 0 amide bonds. The molecule has 0 atom stereocenters. The predicted octanol–water partition coefficient (Wildman–Crippen LogP) is 3.25. The van der Waals surface area contributed by atoms with E-state index in [-0.39, 0.29) is 0 Å². The molecule has 1 aromatic rings. The van der Waals surface area contributed by atoms with Crippen LogP contribution in [0.15, 0.2) is 18.2 Å². The average Bonchev–Trinajstić information content (AvgIpc) is 3.22. The number of aryl methyl sites for hydroxylation is 1. The van der Waals surface area contributed by atoms with Crippen LogP contribution < -0.4 is 10.1 Å². The number of nitrogens with one attached hydrogen (secondary N) is 1. The number of hydrogen-bond acceptors (Lipinski definition) is 2. The molecule has 1 aromatic carbocycles. The highest BCUT2D eigenvalue weighted by Gasteiger charge is 2.24. The summed E-state index contributed by atoms with van der Waals surface area (Å²) in [5.74, 6) is 2.65. The molecule has 1 saturated carbocycles. The van der Waals surface area contributed by atoms with Crippen molar-refractivity contribution in [3.63, 3.8) is 0 Å². The minimum atomic E-state index is 0.681. The molecule has 0 bridgehead atoms. The normalized spacial score (nSPS) is 20.9. The van der Waals surface area contributed by atoms with Crippen LogP contribution in [0.3, 0.4) is 0 Å². The molecule has 0 unspecified atom stereocenters. The van der Waals surface area contributed by atoms with Crippen molar-refractivity contribution in [1.82, 2.24) is 5.32 Å². The smallest absolute Gasteiger partial charge is 0.122 e. The molecule has 0 aromatic heterocycles. The molecule has 2 heteroatoms. The Balaban J connectivity index is 1.77. The minimum absolute atomic E-state index is 0.681. The topological polar surface area (TPSA) is 21.3 Å². The fourth-order valence-corrected chi connectivity index (χ4v) is 2.74. The Hall–Kier alpha value is -1.02. The Morgan fingerprint density at radius 2 is 1.94 bits per heavy atom. The van der Waals surface area contributed by atoms with Crippen molar-refractivity contribution in [3.8, 4) is 5.75 Å². The molecule has 1 aliphatic carbocycles. The summed E-state index contributed by atoms with van der Waals surface area (Å²) in [6.07, 6.45) is 5.19. The maximum Gasteiger partial charge on any atom is 0.122 e. The molecule has 3 rings (SSSR count). The molecule has 2 aliphatic rings. The van der Waals surface area contributed by atoms with Crippen molar-refractivity contribution in [1.29, 1.82) is 0 Å². The first kappa shape index (κ1) is 12.0. The van der Waals surface area contributed by atoms with E-state index in [1.165, 1.54) is 36.8 Å². The van der Waals surface area contributed by atoms with Gasteiger partial charge in [-0.2, -0.15) is 0 Å². The van der Waals surface area contributed by atoms with Crippen LogP contribution in [0.4, 0.5) is 0 Å². The summed E-state index contributed by atoms with van der Waals surface area (Å²) in [4.78, 5) is 0. The van der Waals surface area contributed by atoms with Crippen molar-refractivity contribution < 1.29 is 4.74 Å². The van der Waals surface area contributed by atoms with E-state index in [0.717, 1.165) is 31.4 Å². The SMILES string of the molecule is Cc1ccc(OCC2CC2)c(C2CCNCC2)c1. The molecule has 1 heterocycles. The van der Waals surface area contributed by atoms with Gasteiger partial charge in [0.05, 0.1) is 6.61 Å². The Bertz CT molecular complexity index is 406. The van der Waals surface area contributed by atoms with E-state index in [9.17, 15) is 0 Å². The van der Waals surface area contributed by atoms with Gasteiger partial charge in [-0.05, 0) is 69.2 Å². The van der Waals surface area contributed by atoms with Gasteiger partial charge in [0.25, 0.3) is 0 Å². The summed E-state index contributed by atoms with van der Waals surface area (Å²) in [7, 11) is 0. The monoisotopic (exact) mass is 245 g/mol. The zero-order chi connectivity index (χ0) is 12.4. The van der Waals surface area contributed by atoms with Gasteiger partial charge >= 0.3 is 0 Å². The third-order valence-corrected chi connectivity index (χ3v) is 4.12. The van der Waals surface area contributed by atoms with Gasteiger partial charge in [0.2, 0.25) is 0 Å². The lowest BCUT2D eigenvalue weighted by Crippen LogP contribution is -2.27. The number of rotatable bonds is 4. The van der Waals surface area contributed by atoms with Crippen molar-refractivity contribution in [2.45, 2.75) is 38.5 Å². The maximum atomic E-state index is 6.05. The lowest BCUT2D eigenvalue weighted by molar-refractivity contribution is 0.292. The van der Waals surface area contributed by atoms with Crippen LogP contribution in [0.2, 0.25) is 0 Å². The largest absolute Gasteiger partial charge is 0.493 e. The summed E-state index contributed by atoms with van der Waals surface area (Å²) in [6, 6.07) is 6.68. The summed E-state index contributed by atoms with van der Waals surface area (Å²) in [6.45, 7) is 5.37. The molecular formula is C16H23NO. The van der Waals surface area contributed by atoms with E-state index >= 15 is 0 Å². The summed E-state index contributed by atoms with van der Waals surface area (Å²) >= 11 is 0. The lowest BCUT2D eigenvalue weighted by Gasteiger charge is -2.25. The predicted molar refractivity (Wildman–Crippen MR) is 74.2 cm³/mol. The quantitative estimate of drug-likeness (QED) is 0.879. The summed E-state index contributed by atoms with van der Waals surface area (Å²) in [5.41, 5.74) is 2.79. The highest BCUT2D eigenvalue weighted by Crippen LogP contribution is 2.35. The van der Waals surface area contributed by atoms with E-state index in [1.54, 1.807) is 0 Å². The van der Waals surface area contributed by atoms with Crippen LogP contribution in [0.1, 0.15) is 42.7 Å². The summed E-state index contributed by atoms with van der Waals surface area (Å²) < 4.78 is 6.05. The average molecular weight is 245 g/mol. The fourth-order valence-electron chi connectivity index (χ4n) is 2.74. The van der Waals surface area contributed by atoms with Gasteiger partial charge in [0.1, 0.15) is 5.75 Å². The van der Waals surface area contributed by atoms with Crippen LogP contribution in [0, 0.1) is 12.8 Å². The third kappa shape index (κ3) is 2.86. The van der Waals surface area contributed by atoms with Crippen LogP contribution in [-0.2, 0) is 0 Å². The van der Waals surface area contributed by atoms with Gasteiger partial charge in [0.15, 0.2) is 0 Å². The van der Waals surface area contributed by atoms with Gasteiger partial charge < -0.3 is 10.1 Å². The van der Waals surface area contributed by atoms with Crippen molar-refractivity contribution in [3.05, 3.63) is 29.3 Å². The van der Waals surface area contributed by atoms with Crippen LogP contribution in [0.25, 0.3) is 0 Å². The Labute approximate surface area is 110 Å². The van der Waals surface area contributed by atoms with Gasteiger partial charge in [-0.25, -0.2) is 0 Å². The lowest BCUT2D eigenvalue weighted by atomic mass is 9.89. The standard InChI is InChI=1S/C16H23NO/c1-12-2-5-16(18-11-13-3-4-13)15(10-12)14-6-8-17-9-7-14/h2,5,10,13-14,17H,3-4,6-9,11H2,1H3. The fraction of sp³-hybridized carbons (Fsp3) is 0.625. The van der Waals surface area contributed by atoms with Crippen LogP contribution >= 0.6 is 0 Å². The van der Waals surface area contributed by atoms with E-state index in [4.69, 9.17) is 4.74 Å². The second kappa shape index (κ2) is 5.31. The first-order valence-corrected chi connectivity index (χ1v) is 7.27. The van der Waals surface area contributed by atoms with E-state index < -0.39 is 0 Å². The van der Waals surface area contributed by atoms with Gasteiger partial charge in [-0.1, -0.05) is 17.7 Å². The number of piperidine rings is 1. The zero-order valence-electron chi connectivity index (χ0n) is 11.2. The molecule has 1 N–H and O–H groups in total. The highest BCUT2D eigenvalue weighted by molar-refractivity contribution is 5.39. The first-order chi connectivity index (χ1) is 8.83. The highest BCUT2D eigenvalue weighted by atomic mass is 16.5. The Morgan fingerprint density at radius 1 is 1.17 bits per heavy atom. The molecule has 0 radical (unpaired) electrons. The molecule has 1 saturated heterocycles. The second-order valence-electron chi connectivity index (χ2n) is 5.82. The van der Waals surface area contributed by atoms with Crippen LogP contribution in [0.5, 0.6) is 5.75 Å². The van der Waals surface area contributed by atoms with Crippen molar-refractivity contribution in [2.75, 3.05) is 19.7 Å². The van der Waals surface area contributed by atoms with E-state index in [2.05, 4.69) is 30.4 Å². The van der Waals surface area contributed by atoms with Crippen molar-refractivity contribution >= 4 is 0 Å². The van der Waals surface area contributed by atoms with E-state index in [1.807, 2.05) is 0 Å². The van der Waals surface area contributed by atoms with Gasteiger partial charge in [-0.3, -0.25) is 0 Å². The van der Waals surface area contributed by atoms with Gasteiger partial charge in [0, 0.05) is 0 Å². The maximum absolute atomic E-state index is 6.05. The van der Waals surface area contributed by atoms with Crippen LogP contribution in [-0.4, -0.2) is 19.7 Å². The Morgan fingerprint density at radius 3 is 2.67 bits per heavy atom. The number of benzene rings is 1. The molecule has 18 heavy (non-hydrogen) atoms. The summed E-state index contributed by atoms with van der Waals surface area (Å²) in [5, 5.41) is 3.44. The minimum Gasteiger partial charge on any atom is -0.493 e. The Kier molecular flexibility index (Phi) is 3.55. The second-order valence-corrected chi connectivity index (χ2v) is 5.82. The molecule has 2 nitrogen and oxygen atoms in total. The molecule has 98 valence electrons. The van der Waals surface area contributed by atoms with E-state index in [0.29, 0.717) is 5.92 Å². The molecule has 0 spiro atoms. The molecule has 1 aliphatic heterocycles. The molecule has 2 fully saturated rings. The van der Waals surface area contributed by atoms with Crippen molar-refractivity contribution in [2.24, 2.45) is 5.92 Å². The zero-order valence-corrected chi connectivity index (χ0v) is 11.2.